The molecule has 0 aromatic heterocycles. The first-order valence-electron chi connectivity index (χ1n) is 5.69. The zero-order valence-corrected chi connectivity index (χ0v) is 10.2. The van der Waals surface area contributed by atoms with Crippen LogP contribution in [-0.4, -0.2) is 43.3 Å². The summed E-state index contributed by atoms with van der Waals surface area (Å²) in [6.45, 7) is 3.14. The lowest BCUT2D eigenvalue weighted by Gasteiger charge is -2.30. The van der Waals surface area contributed by atoms with E-state index in [9.17, 15) is 8.42 Å². The number of piperidine rings is 1. The third kappa shape index (κ3) is 3.74. The molecule has 90 valence electrons. The topological polar surface area (TPSA) is 57.6 Å². The number of nitrogens with zero attached hydrogens (tertiary/aromatic N) is 1. The van der Waals surface area contributed by atoms with Gasteiger partial charge >= 0.3 is 0 Å². The number of aliphatic hydroxyl groups excluding tert-OH is 1. The van der Waals surface area contributed by atoms with Gasteiger partial charge in [-0.15, -0.1) is 0 Å². The molecular formula is C10H21NO3S. The molecule has 0 amide bonds. The van der Waals surface area contributed by atoms with E-state index in [0.717, 1.165) is 12.8 Å². The first kappa shape index (κ1) is 12.9. The number of hydrogen-bond donors (Lipinski definition) is 1. The lowest BCUT2D eigenvalue weighted by molar-refractivity contribution is 0.258. The third-order valence-electron chi connectivity index (χ3n) is 3.01. The molecule has 1 rings (SSSR count). The first-order valence-corrected chi connectivity index (χ1v) is 7.29. The van der Waals surface area contributed by atoms with Gasteiger partial charge in [0.25, 0.3) is 0 Å². The highest BCUT2D eigenvalue weighted by atomic mass is 32.2. The molecule has 1 N–H and O–H groups in total. The Hall–Kier alpha value is -0.130. The Labute approximate surface area is 92.3 Å². The van der Waals surface area contributed by atoms with Crippen molar-refractivity contribution < 1.29 is 13.5 Å². The summed E-state index contributed by atoms with van der Waals surface area (Å²) in [6, 6.07) is 0. The van der Waals surface area contributed by atoms with Gasteiger partial charge in [0, 0.05) is 13.1 Å². The van der Waals surface area contributed by atoms with E-state index in [0.29, 0.717) is 19.0 Å². The normalized spacial score (nSPS) is 20.7. The van der Waals surface area contributed by atoms with Crippen molar-refractivity contribution in [1.29, 1.82) is 0 Å². The molecule has 1 saturated heterocycles. The van der Waals surface area contributed by atoms with Crippen LogP contribution in [0.3, 0.4) is 0 Å². The Bertz CT molecular complexity index is 268. The summed E-state index contributed by atoms with van der Waals surface area (Å²) in [6.07, 6.45) is 4.32. The predicted octanol–water partition coefficient (Wildman–Crippen LogP) is 0.821. The van der Waals surface area contributed by atoms with Gasteiger partial charge in [-0.2, -0.15) is 0 Å². The molecule has 4 nitrogen and oxygen atoms in total. The summed E-state index contributed by atoms with van der Waals surface area (Å²) in [5.74, 6) is 0.557. The lowest BCUT2D eigenvalue weighted by Crippen LogP contribution is -2.40. The highest BCUT2D eigenvalue weighted by Crippen LogP contribution is 2.23. The molecule has 0 aliphatic carbocycles. The smallest absolute Gasteiger partial charge is 0.216 e. The minimum absolute atomic E-state index is 0.133. The van der Waals surface area contributed by atoms with Gasteiger partial charge in [-0.05, 0) is 18.8 Å². The van der Waals surface area contributed by atoms with E-state index in [1.165, 1.54) is 17.1 Å². The first-order chi connectivity index (χ1) is 7.10. The zero-order valence-electron chi connectivity index (χ0n) is 9.35. The van der Waals surface area contributed by atoms with E-state index in [-0.39, 0.29) is 12.4 Å². The van der Waals surface area contributed by atoms with Crippen molar-refractivity contribution in [1.82, 2.24) is 4.31 Å². The maximum atomic E-state index is 11.6. The zero-order chi connectivity index (χ0) is 11.3. The van der Waals surface area contributed by atoms with Crippen molar-refractivity contribution in [3.8, 4) is 0 Å². The Morgan fingerprint density at radius 2 is 1.93 bits per heavy atom. The molecular weight excluding hydrogens is 214 g/mol. The van der Waals surface area contributed by atoms with Crippen molar-refractivity contribution >= 4 is 10.0 Å². The van der Waals surface area contributed by atoms with Crippen molar-refractivity contribution in [2.24, 2.45) is 5.92 Å². The number of aliphatic hydroxyl groups is 1. The molecule has 15 heavy (non-hydrogen) atoms. The summed E-state index contributed by atoms with van der Waals surface area (Å²) >= 11 is 0. The van der Waals surface area contributed by atoms with E-state index >= 15 is 0 Å². The maximum Gasteiger partial charge on any atom is 0.216 e. The highest BCUT2D eigenvalue weighted by molar-refractivity contribution is 7.89. The van der Waals surface area contributed by atoms with Crippen LogP contribution < -0.4 is 0 Å². The van der Waals surface area contributed by atoms with Gasteiger partial charge in [0.2, 0.25) is 10.0 Å². The van der Waals surface area contributed by atoms with Crippen LogP contribution in [0.4, 0.5) is 0 Å². The fourth-order valence-electron chi connectivity index (χ4n) is 2.13. The van der Waals surface area contributed by atoms with Crippen molar-refractivity contribution in [3.05, 3.63) is 0 Å². The molecule has 0 aromatic carbocycles. The molecule has 0 atom stereocenters. The van der Waals surface area contributed by atoms with Crippen LogP contribution in [0.1, 0.15) is 32.6 Å². The van der Waals surface area contributed by atoms with Gasteiger partial charge in [0.1, 0.15) is 0 Å². The molecule has 0 radical (unpaired) electrons. The molecule has 0 spiro atoms. The van der Waals surface area contributed by atoms with E-state index in [1.54, 1.807) is 0 Å². The molecule has 1 heterocycles. The van der Waals surface area contributed by atoms with Crippen molar-refractivity contribution in [3.63, 3.8) is 0 Å². The van der Waals surface area contributed by atoms with Gasteiger partial charge in [-0.1, -0.05) is 19.8 Å². The molecule has 0 aromatic rings. The summed E-state index contributed by atoms with van der Waals surface area (Å²) in [4.78, 5) is 0. The Morgan fingerprint density at radius 3 is 2.40 bits per heavy atom. The van der Waals surface area contributed by atoms with Gasteiger partial charge in [-0.25, -0.2) is 12.7 Å². The molecule has 0 unspecified atom stereocenters. The SMILES string of the molecule is CCCC1CCN(S(=O)(=O)CCO)CC1. The molecule has 5 heteroatoms. The average molecular weight is 235 g/mol. The molecule has 1 fully saturated rings. The van der Waals surface area contributed by atoms with Gasteiger partial charge < -0.3 is 5.11 Å². The Balaban J connectivity index is 2.43. The van der Waals surface area contributed by atoms with Crippen LogP contribution >= 0.6 is 0 Å². The molecule has 0 bridgehead atoms. The second-order valence-electron chi connectivity index (χ2n) is 4.17. The number of sulfonamides is 1. The largest absolute Gasteiger partial charge is 0.395 e. The minimum Gasteiger partial charge on any atom is -0.395 e. The van der Waals surface area contributed by atoms with Crippen LogP contribution in [-0.2, 0) is 10.0 Å². The number of hydrogen-bond acceptors (Lipinski definition) is 3. The summed E-state index contributed by atoms with van der Waals surface area (Å²) in [7, 11) is -3.19. The molecule has 0 saturated carbocycles. The average Bonchev–Trinajstić information content (AvgIpc) is 2.19. The van der Waals surface area contributed by atoms with E-state index < -0.39 is 10.0 Å². The van der Waals surface area contributed by atoms with Crippen molar-refractivity contribution in [2.45, 2.75) is 32.6 Å². The molecule has 1 aliphatic rings. The van der Waals surface area contributed by atoms with Crippen LogP contribution in [0.25, 0.3) is 0 Å². The predicted molar refractivity (Wildman–Crippen MR) is 60.1 cm³/mol. The highest BCUT2D eigenvalue weighted by Gasteiger charge is 2.26. The van der Waals surface area contributed by atoms with Gasteiger partial charge in [0.05, 0.1) is 12.4 Å². The fourth-order valence-corrected chi connectivity index (χ4v) is 3.38. The van der Waals surface area contributed by atoms with E-state index in [2.05, 4.69) is 6.92 Å². The quantitative estimate of drug-likeness (QED) is 0.767. The van der Waals surface area contributed by atoms with Gasteiger partial charge in [0.15, 0.2) is 0 Å². The Morgan fingerprint density at radius 1 is 1.33 bits per heavy atom. The maximum absolute atomic E-state index is 11.6. The summed E-state index contributed by atoms with van der Waals surface area (Å²) in [5, 5.41) is 8.66. The van der Waals surface area contributed by atoms with Crippen LogP contribution in [0.5, 0.6) is 0 Å². The summed E-state index contributed by atoms with van der Waals surface area (Å²) < 4.78 is 24.8. The van der Waals surface area contributed by atoms with Crippen molar-refractivity contribution in [2.75, 3.05) is 25.4 Å². The fraction of sp³-hybridized carbons (Fsp3) is 1.00. The molecule has 1 aliphatic heterocycles. The summed E-state index contributed by atoms with van der Waals surface area (Å²) in [5.41, 5.74) is 0. The standard InChI is InChI=1S/C10H21NO3S/c1-2-3-10-4-6-11(7-5-10)15(13,14)9-8-12/h10,12H,2-9H2,1H3. The van der Waals surface area contributed by atoms with Crippen LogP contribution in [0.2, 0.25) is 0 Å². The van der Waals surface area contributed by atoms with E-state index in [1.807, 2.05) is 0 Å². The van der Waals surface area contributed by atoms with Crippen LogP contribution in [0.15, 0.2) is 0 Å². The third-order valence-corrected chi connectivity index (χ3v) is 4.86. The van der Waals surface area contributed by atoms with Crippen LogP contribution in [0, 0.1) is 5.92 Å². The minimum atomic E-state index is -3.19. The van der Waals surface area contributed by atoms with Gasteiger partial charge in [-0.3, -0.25) is 0 Å². The monoisotopic (exact) mass is 235 g/mol. The Kier molecular flexibility index (Phi) is 5.02. The number of rotatable bonds is 5. The lowest BCUT2D eigenvalue weighted by atomic mass is 9.94. The van der Waals surface area contributed by atoms with E-state index in [4.69, 9.17) is 5.11 Å². The second kappa shape index (κ2) is 5.82. The second-order valence-corrected chi connectivity index (χ2v) is 6.26.